The largest absolute Gasteiger partial charge is 0.0654 e. The van der Waals surface area contributed by atoms with Crippen molar-refractivity contribution in [2.75, 3.05) is 0 Å². The molecule has 27 heavy (non-hydrogen) atoms. The third-order valence-electron chi connectivity index (χ3n) is 9.16. The van der Waals surface area contributed by atoms with Crippen LogP contribution in [0.15, 0.2) is 0 Å². The number of hydrogen-bond acceptors (Lipinski definition) is 0. The van der Waals surface area contributed by atoms with Crippen molar-refractivity contribution in [2.45, 2.75) is 136 Å². The van der Waals surface area contributed by atoms with Gasteiger partial charge in [-0.15, -0.1) is 0 Å². The Kier molecular flexibility index (Phi) is 9.54. The zero-order valence-corrected chi connectivity index (χ0v) is 18.9. The number of hydrogen-bond donors (Lipinski definition) is 0. The first-order chi connectivity index (χ1) is 13.3. The third kappa shape index (κ3) is 6.78. The highest BCUT2D eigenvalue weighted by molar-refractivity contribution is 4.86. The summed E-state index contributed by atoms with van der Waals surface area (Å²) in [4.78, 5) is 0. The molecule has 0 spiro atoms. The fourth-order valence-corrected chi connectivity index (χ4v) is 7.22. The Labute approximate surface area is 171 Å². The van der Waals surface area contributed by atoms with Crippen molar-refractivity contribution in [3.8, 4) is 0 Å². The van der Waals surface area contributed by atoms with Gasteiger partial charge in [-0.2, -0.15) is 0 Å². The first kappa shape index (κ1) is 21.7. The maximum atomic E-state index is 2.40. The second-order valence-corrected chi connectivity index (χ2v) is 10.9. The van der Waals surface area contributed by atoms with E-state index in [4.69, 9.17) is 0 Å². The molecule has 3 aliphatic carbocycles. The molecule has 0 aromatic carbocycles. The monoisotopic (exact) mass is 374 g/mol. The minimum atomic E-state index is 1.07. The van der Waals surface area contributed by atoms with E-state index >= 15 is 0 Å². The Hall–Kier alpha value is 0. The summed E-state index contributed by atoms with van der Waals surface area (Å²) in [6.45, 7) is 4.73. The van der Waals surface area contributed by atoms with Gasteiger partial charge in [-0.3, -0.25) is 0 Å². The molecule has 0 nitrogen and oxygen atoms in total. The summed E-state index contributed by atoms with van der Waals surface area (Å²) in [5.74, 6) is 6.59. The fraction of sp³-hybridized carbons (Fsp3) is 1.00. The molecule has 3 fully saturated rings. The minimum absolute atomic E-state index is 1.07. The van der Waals surface area contributed by atoms with E-state index in [1.54, 1.807) is 83.5 Å². The molecule has 0 heteroatoms. The van der Waals surface area contributed by atoms with Gasteiger partial charge >= 0.3 is 0 Å². The van der Waals surface area contributed by atoms with Gasteiger partial charge in [0.15, 0.2) is 0 Å². The van der Waals surface area contributed by atoms with Crippen LogP contribution in [-0.2, 0) is 0 Å². The summed E-state index contributed by atoms with van der Waals surface area (Å²) < 4.78 is 0. The zero-order valence-electron chi connectivity index (χ0n) is 18.9. The number of rotatable bonds is 9. The third-order valence-corrected chi connectivity index (χ3v) is 9.16. The van der Waals surface area contributed by atoms with Crippen LogP contribution in [0.5, 0.6) is 0 Å². The Bertz CT molecular complexity index is 369. The predicted octanol–water partition coefficient (Wildman–Crippen LogP) is 9.18. The van der Waals surface area contributed by atoms with E-state index in [-0.39, 0.29) is 0 Å². The second kappa shape index (κ2) is 11.9. The maximum Gasteiger partial charge on any atom is -0.0383 e. The van der Waals surface area contributed by atoms with Crippen LogP contribution in [-0.4, -0.2) is 0 Å². The van der Waals surface area contributed by atoms with E-state index in [0.29, 0.717) is 0 Å². The van der Waals surface area contributed by atoms with Crippen molar-refractivity contribution >= 4 is 0 Å². The second-order valence-electron chi connectivity index (χ2n) is 10.9. The smallest absolute Gasteiger partial charge is 0.0383 e. The van der Waals surface area contributed by atoms with Crippen LogP contribution in [0.3, 0.4) is 0 Å². The molecule has 0 aromatic heterocycles. The van der Waals surface area contributed by atoms with Crippen LogP contribution in [0.4, 0.5) is 0 Å². The van der Waals surface area contributed by atoms with Gasteiger partial charge in [0.25, 0.3) is 0 Å². The van der Waals surface area contributed by atoms with Gasteiger partial charge in [-0.1, -0.05) is 90.9 Å². The molecule has 3 aliphatic rings. The Morgan fingerprint density at radius 3 is 1.74 bits per heavy atom. The van der Waals surface area contributed by atoms with Gasteiger partial charge in [0.2, 0.25) is 0 Å². The minimum Gasteiger partial charge on any atom is -0.0654 e. The van der Waals surface area contributed by atoms with Crippen LogP contribution >= 0.6 is 0 Å². The Balaban J connectivity index is 1.34. The molecule has 0 aromatic rings. The molecule has 0 amide bonds. The van der Waals surface area contributed by atoms with E-state index in [1.165, 1.54) is 38.5 Å². The first-order valence-corrected chi connectivity index (χ1v) is 13.3. The summed E-state index contributed by atoms with van der Waals surface area (Å²) >= 11 is 0. The molecule has 0 saturated heterocycles. The highest BCUT2D eigenvalue weighted by atomic mass is 14.4. The van der Waals surface area contributed by atoms with Crippen LogP contribution < -0.4 is 0 Å². The lowest BCUT2D eigenvalue weighted by Gasteiger charge is -2.41. The predicted molar refractivity (Wildman–Crippen MR) is 120 cm³/mol. The van der Waals surface area contributed by atoms with Crippen molar-refractivity contribution < 1.29 is 0 Å². The average Bonchev–Trinajstić information content (AvgIpc) is 2.74. The van der Waals surface area contributed by atoms with Gasteiger partial charge in [-0.25, -0.2) is 0 Å². The van der Waals surface area contributed by atoms with Crippen molar-refractivity contribution in [2.24, 2.45) is 35.5 Å². The molecular weight excluding hydrogens is 324 g/mol. The molecule has 158 valence electrons. The van der Waals surface area contributed by atoms with Gasteiger partial charge in [0.1, 0.15) is 0 Å². The Morgan fingerprint density at radius 1 is 0.519 bits per heavy atom. The summed E-state index contributed by atoms with van der Waals surface area (Å²) in [6.07, 6.45) is 29.2. The first-order valence-electron chi connectivity index (χ1n) is 13.3. The van der Waals surface area contributed by atoms with Crippen molar-refractivity contribution in [1.29, 1.82) is 0 Å². The van der Waals surface area contributed by atoms with Gasteiger partial charge < -0.3 is 0 Å². The number of unbranched alkanes of at least 4 members (excludes halogenated alkanes) is 4. The molecule has 3 saturated carbocycles. The van der Waals surface area contributed by atoms with Crippen molar-refractivity contribution in [3.63, 3.8) is 0 Å². The van der Waals surface area contributed by atoms with E-state index in [9.17, 15) is 0 Å². The van der Waals surface area contributed by atoms with Crippen LogP contribution in [0.1, 0.15) is 136 Å². The molecule has 0 heterocycles. The molecule has 0 unspecified atom stereocenters. The topological polar surface area (TPSA) is 0 Å². The summed E-state index contributed by atoms with van der Waals surface area (Å²) in [6, 6.07) is 0. The van der Waals surface area contributed by atoms with Crippen LogP contribution in [0.2, 0.25) is 0 Å². The standard InChI is InChI=1S/C27H50/c1-3-5-6-7-8-10-23-11-9-12-27(21-23)26-19-17-25(18-20-26)24-15-13-22(4-2)14-16-24/h22-27H,3-21H2,1-2H3/t22?,23-,24?,25?,26?,27+/m0/s1. The highest BCUT2D eigenvalue weighted by Gasteiger charge is 2.34. The van der Waals surface area contributed by atoms with Crippen LogP contribution in [0, 0.1) is 35.5 Å². The summed E-state index contributed by atoms with van der Waals surface area (Å²) in [5, 5.41) is 0. The van der Waals surface area contributed by atoms with Crippen molar-refractivity contribution in [3.05, 3.63) is 0 Å². The normalized spacial score (nSPS) is 38.0. The lowest BCUT2D eigenvalue weighted by atomic mass is 9.64. The lowest BCUT2D eigenvalue weighted by molar-refractivity contribution is 0.0988. The molecule has 2 atom stereocenters. The summed E-state index contributed by atoms with van der Waals surface area (Å²) in [5.41, 5.74) is 0. The Morgan fingerprint density at radius 2 is 1.11 bits per heavy atom. The highest BCUT2D eigenvalue weighted by Crippen LogP contribution is 2.46. The fourth-order valence-electron chi connectivity index (χ4n) is 7.22. The van der Waals surface area contributed by atoms with Crippen LogP contribution in [0.25, 0.3) is 0 Å². The zero-order chi connectivity index (χ0) is 18.9. The van der Waals surface area contributed by atoms with E-state index in [1.807, 2.05) is 0 Å². The van der Waals surface area contributed by atoms with E-state index < -0.39 is 0 Å². The van der Waals surface area contributed by atoms with Crippen molar-refractivity contribution in [1.82, 2.24) is 0 Å². The quantitative estimate of drug-likeness (QED) is 0.353. The van der Waals surface area contributed by atoms with Gasteiger partial charge in [-0.05, 0) is 80.5 Å². The maximum absolute atomic E-state index is 2.40. The van der Waals surface area contributed by atoms with E-state index in [0.717, 1.165) is 35.5 Å². The van der Waals surface area contributed by atoms with Gasteiger partial charge in [0.05, 0.1) is 0 Å². The van der Waals surface area contributed by atoms with Gasteiger partial charge in [0, 0.05) is 0 Å². The lowest BCUT2D eigenvalue weighted by Crippen LogP contribution is -2.30. The molecule has 0 radical (unpaired) electrons. The average molecular weight is 375 g/mol. The SMILES string of the molecule is CCCCCCC[C@H]1CCC[C@@H](C2CCC(C3CCC(CC)CC3)CC2)C1. The van der Waals surface area contributed by atoms with E-state index in [2.05, 4.69) is 13.8 Å². The molecule has 0 bridgehead atoms. The molecule has 0 N–H and O–H groups in total. The molecular formula is C27H50. The molecule has 3 rings (SSSR count). The molecule has 0 aliphatic heterocycles. The summed E-state index contributed by atoms with van der Waals surface area (Å²) in [7, 11) is 0.